The highest BCUT2D eigenvalue weighted by atomic mass is 15.0. The molecule has 0 N–H and O–H groups in total. The molecule has 3 heterocycles. The molecule has 3 aromatic heterocycles. The first-order chi connectivity index (χ1) is 24.4. The Bertz CT molecular complexity index is 2960. The molecule has 0 saturated heterocycles. The lowest BCUT2D eigenvalue weighted by Gasteiger charge is -2.10. The maximum atomic E-state index is 8.91. The molecule has 0 aliphatic carbocycles. The zero-order chi connectivity index (χ0) is 33.8. The van der Waals surface area contributed by atoms with E-state index in [1.807, 2.05) is 47.0 Å². The molecule has 0 atom stereocenters. The van der Waals surface area contributed by atoms with Crippen LogP contribution >= 0.6 is 0 Å². The van der Waals surface area contributed by atoms with Crippen molar-refractivity contribution < 1.29 is 6.85 Å². The van der Waals surface area contributed by atoms with Gasteiger partial charge in [-0.1, -0.05) is 90.9 Å². The van der Waals surface area contributed by atoms with Crippen LogP contribution in [-0.2, 0) is 0 Å². The summed E-state index contributed by atoms with van der Waals surface area (Å²) in [4.78, 5) is 0. The van der Waals surface area contributed by atoms with Crippen LogP contribution in [0.1, 0.15) is 6.85 Å². The molecule has 10 rings (SSSR count). The standard InChI is InChI=1S/C42H27N3/c1-3-13-28(14-4-1)43-39-22-12-9-19-33(39)35-26-42-36(27-41(35)43)34-25-30(23-24-40(34)44(42)29-15-5-2-6-16-29)45-37-20-10-7-17-31(37)32-18-8-11-21-38(32)45/h1-27H/i1D,3D,4D,13D,14D. The third kappa shape index (κ3) is 3.41. The molecule has 3 heteroatoms. The van der Waals surface area contributed by atoms with Gasteiger partial charge in [0.15, 0.2) is 0 Å². The van der Waals surface area contributed by atoms with Crippen molar-refractivity contribution in [3.63, 3.8) is 0 Å². The summed E-state index contributed by atoms with van der Waals surface area (Å²) in [5.74, 6) is 0. The molecule has 0 unspecified atom stereocenters. The molecule has 0 radical (unpaired) electrons. The summed E-state index contributed by atoms with van der Waals surface area (Å²) in [5, 5.41) is 6.30. The van der Waals surface area contributed by atoms with E-state index in [-0.39, 0.29) is 29.9 Å². The van der Waals surface area contributed by atoms with Crippen molar-refractivity contribution in [3.8, 4) is 17.1 Å². The van der Waals surface area contributed by atoms with Crippen LogP contribution in [0.3, 0.4) is 0 Å². The summed E-state index contributed by atoms with van der Waals surface area (Å²) in [7, 11) is 0. The van der Waals surface area contributed by atoms with Gasteiger partial charge >= 0.3 is 0 Å². The Balaban J connectivity index is 1.37. The van der Waals surface area contributed by atoms with E-state index in [0.29, 0.717) is 0 Å². The lowest BCUT2D eigenvalue weighted by molar-refractivity contribution is 1.16. The van der Waals surface area contributed by atoms with Crippen LogP contribution < -0.4 is 0 Å². The predicted molar refractivity (Wildman–Crippen MR) is 189 cm³/mol. The van der Waals surface area contributed by atoms with Gasteiger partial charge in [-0.25, -0.2) is 0 Å². The van der Waals surface area contributed by atoms with Crippen LogP contribution in [0, 0.1) is 0 Å². The summed E-state index contributed by atoms with van der Waals surface area (Å²) < 4.78 is 49.5. The SMILES string of the molecule is [2H]c1c([2H])c([2H])c(-n2c3ccccc3c3cc4c(cc32)c2cc(-n3c5ccccc5c5ccccc53)ccc2n4-c2ccccc2)c([2H])c1[2H]. The summed E-state index contributed by atoms with van der Waals surface area (Å²) in [5.41, 5.74) is 8.07. The number of benzene rings is 7. The number of para-hydroxylation sites is 5. The average molecular weight is 579 g/mol. The fraction of sp³-hybridized carbons (Fsp3) is 0. The fourth-order valence-electron chi connectivity index (χ4n) is 7.26. The van der Waals surface area contributed by atoms with Crippen molar-refractivity contribution in [2.24, 2.45) is 0 Å². The lowest BCUT2D eigenvalue weighted by atomic mass is 10.1. The lowest BCUT2D eigenvalue weighted by Crippen LogP contribution is -1.95. The second-order valence-electron chi connectivity index (χ2n) is 11.5. The maximum absolute atomic E-state index is 8.91. The topological polar surface area (TPSA) is 14.8 Å². The van der Waals surface area contributed by atoms with Gasteiger partial charge in [-0.3, -0.25) is 0 Å². The molecule has 210 valence electrons. The number of nitrogens with zero attached hydrogens (tertiary/aromatic N) is 3. The van der Waals surface area contributed by atoms with E-state index in [0.717, 1.165) is 66.0 Å². The van der Waals surface area contributed by atoms with E-state index in [4.69, 9.17) is 6.85 Å². The van der Waals surface area contributed by atoms with Gasteiger partial charge in [-0.15, -0.1) is 0 Å². The van der Waals surface area contributed by atoms with E-state index in [1.54, 1.807) is 0 Å². The number of fused-ring (bicyclic) bond motifs is 9. The van der Waals surface area contributed by atoms with Crippen molar-refractivity contribution in [2.75, 3.05) is 0 Å². The van der Waals surface area contributed by atoms with E-state index in [9.17, 15) is 0 Å². The highest BCUT2D eigenvalue weighted by molar-refractivity contribution is 6.19. The number of rotatable bonds is 3. The van der Waals surface area contributed by atoms with Crippen molar-refractivity contribution in [3.05, 3.63) is 164 Å². The highest BCUT2D eigenvalue weighted by Crippen LogP contribution is 2.41. The van der Waals surface area contributed by atoms with Gasteiger partial charge in [-0.2, -0.15) is 0 Å². The van der Waals surface area contributed by atoms with Crippen LogP contribution in [-0.4, -0.2) is 13.7 Å². The van der Waals surface area contributed by atoms with Gasteiger partial charge in [-0.05, 0) is 72.7 Å². The van der Waals surface area contributed by atoms with E-state index in [2.05, 4.69) is 100 Å². The second-order valence-corrected chi connectivity index (χ2v) is 11.5. The van der Waals surface area contributed by atoms with Gasteiger partial charge < -0.3 is 13.7 Å². The molecular weight excluding hydrogens is 546 g/mol. The Hall–Kier alpha value is -6.06. The third-order valence-electron chi connectivity index (χ3n) is 9.11. The van der Waals surface area contributed by atoms with Crippen LogP contribution in [0.4, 0.5) is 0 Å². The molecule has 7 aromatic carbocycles. The molecule has 0 bridgehead atoms. The molecule has 0 aliphatic rings. The van der Waals surface area contributed by atoms with E-state index < -0.39 is 6.04 Å². The minimum Gasteiger partial charge on any atom is -0.309 e. The first-order valence-corrected chi connectivity index (χ1v) is 15.0. The zero-order valence-electron chi connectivity index (χ0n) is 29.0. The minimum absolute atomic E-state index is 0.138. The number of aromatic nitrogens is 3. The maximum Gasteiger partial charge on any atom is 0.0645 e. The van der Waals surface area contributed by atoms with Gasteiger partial charge in [0.05, 0.1) is 40.0 Å². The van der Waals surface area contributed by atoms with Crippen molar-refractivity contribution in [1.29, 1.82) is 0 Å². The normalized spacial score (nSPS) is 13.6. The van der Waals surface area contributed by atoms with Crippen molar-refractivity contribution in [2.45, 2.75) is 0 Å². The molecular formula is C42H27N3. The molecule has 45 heavy (non-hydrogen) atoms. The van der Waals surface area contributed by atoms with Crippen LogP contribution in [0.15, 0.2) is 164 Å². The summed E-state index contributed by atoms with van der Waals surface area (Å²) in [6, 6.07) is 44.5. The Labute approximate surface area is 266 Å². The molecule has 0 amide bonds. The van der Waals surface area contributed by atoms with Gasteiger partial charge in [0.1, 0.15) is 0 Å². The van der Waals surface area contributed by atoms with Gasteiger partial charge in [0.2, 0.25) is 0 Å². The van der Waals surface area contributed by atoms with Crippen LogP contribution in [0.2, 0.25) is 0 Å². The van der Waals surface area contributed by atoms with Crippen molar-refractivity contribution >= 4 is 65.4 Å². The number of hydrogen-bond donors (Lipinski definition) is 0. The smallest absolute Gasteiger partial charge is 0.0645 e. The Morgan fingerprint density at radius 2 is 0.756 bits per heavy atom. The number of hydrogen-bond acceptors (Lipinski definition) is 0. The Morgan fingerprint density at radius 3 is 1.38 bits per heavy atom. The van der Waals surface area contributed by atoms with Crippen molar-refractivity contribution in [1.82, 2.24) is 13.7 Å². The molecule has 0 saturated carbocycles. The third-order valence-corrected chi connectivity index (χ3v) is 9.11. The minimum atomic E-state index is -0.407. The first kappa shape index (κ1) is 20.0. The Kier molecular flexibility index (Phi) is 4.10. The highest BCUT2D eigenvalue weighted by Gasteiger charge is 2.20. The molecule has 10 aromatic rings. The quantitative estimate of drug-likeness (QED) is 0.198. The van der Waals surface area contributed by atoms with Crippen LogP contribution in [0.5, 0.6) is 0 Å². The monoisotopic (exact) mass is 578 g/mol. The molecule has 0 aliphatic heterocycles. The largest absolute Gasteiger partial charge is 0.309 e. The summed E-state index contributed by atoms with van der Waals surface area (Å²) in [6.07, 6.45) is 0. The fourth-order valence-corrected chi connectivity index (χ4v) is 7.26. The molecule has 0 spiro atoms. The van der Waals surface area contributed by atoms with E-state index in [1.165, 1.54) is 10.8 Å². The van der Waals surface area contributed by atoms with Gasteiger partial charge in [0.25, 0.3) is 0 Å². The molecule has 3 nitrogen and oxygen atoms in total. The molecule has 0 fully saturated rings. The van der Waals surface area contributed by atoms with Gasteiger partial charge in [0, 0.05) is 49.4 Å². The van der Waals surface area contributed by atoms with Crippen LogP contribution in [0.25, 0.3) is 82.5 Å². The predicted octanol–water partition coefficient (Wildman–Crippen LogP) is 11.0. The average Bonchev–Trinajstić information content (AvgIpc) is 3.78. The van der Waals surface area contributed by atoms with E-state index >= 15 is 0 Å². The first-order valence-electron chi connectivity index (χ1n) is 17.5. The summed E-state index contributed by atoms with van der Waals surface area (Å²) in [6.45, 7) is 0. The second kappa shape index (κ2) is 9.22. The Morgan fingerprint density at radius 1 is 0.311 bits per heavy atom. The summed E-state index contributed by atoms with van der Waals surface area (Å²) >= 11 is 0. The zero-order valence-corrected chi connectivity index (χ0v) is 24.0.